The van der Waals surface area contributed by atoms with Crippen molar-refractivity contribution in [2.45, 2.75) is 57.2 Å². The topological polar surface area (TPSA) is 99.3 Å². The monoisotopic (exact) mass is 422 g/mol. The molecule has 1 aliphatic carbocycles. The highest BCUT2D eigenvalue weighted by Gasteiger charge is 2.24. The lowest BCUT2D eigenvalue weighted by Crippen LogP contribution is -2.45. The second-order valence-corrected chi connectivity index (χ2v) is 8.31. The van der Waals surface area contributed by atoms with Crippen LogP contribution >= 0.6 is 0 Å². The van der Waals surface area contributed by atoms with Gasteiger partial charge in [-0.2, -0.15) is 0 Å². The maximum absolute atomic E-state index is 12.8. The zero-order valence-electron chi connectivity index (χ0n) is 18.0. The van der Waals surface area contributed by atoms with Crippen LogP contribution in [0.1, 0.15) is 48.7 Å². The number of para-hydroxylation sites is 2. The average molecular weight is 423 g/mol. The van der Waals surface area contributed by atoms with Crippen LogP contribution in [0.4, 0.5) is 4.79 Å². The van der Waals surface area contributed by atoms with Crippen molar-refractivity contribution in [3.8, 4) is 5.75 Å². The van der Waals surface area contributed by atoms with E-state index in [2.05, 4.69) is 15.6 Å². The number of aromatic amines is 1. The Morgan fingerprint density at radius 3 is 2.71 bits per heavy atom. The predicted molar refractivity (Wildman–Crippen MR) is 120 cm³/mol. The van der Waals surface area contributed by atoms with Crippen molar-refractivity contribution < 1.29 is 14.6 Å². The third-order valence-electron chi connectivity index (χ3n) is 6.05. The Bertz CT molecular complexity index is 1010. The molecule has 4 rings (SSSR count). The first-order valence-electron chi connectivity index (χ1n) is 10.8. The van der Waals surface area contributed by atoms with Gasteiger partial charge < -0.3 is 25.5 Å². The number of nitrogens with zero attached hydrogens (tertiary/aromatic N) is 1. The lowest BCUT2D eigenvalue weighted by Gasteiger charge is -2.27. The molecule has 1 saturated carbocycles. The number of ether oxygens (including phenoxy) is 1. The number of aromatic nitrogens is 2. The number of H-pyrrole nitrogens is 1. The summed E-state index contributed by atoms with van der Waals surface area (Å²) in [5.74, 6) is 1.54. The number of carbonyl (C=O) groups is 1. The van der Waals surface area contributed by atoms with Gasteiger partial charge in [-0.05, 0) is 68.0 Å². The number of urea groups is 1. The Morgan fingerprint density at radius 1 is 1.23 bits per heavy atom. The molecule has 1 fully saturated rings. The van der Waals surface area contributed by atoms with Gasteiger partial charge in [0.2, 0.25) is 0 Å². The van der Waals surface area contributed by atoms with Gasteiger partial charge in [0.1, 0.15) is 11.6 Å². The van der Waals surface area contributed by atoms with Crippen LogP contribution < -0.4 is 15.4 Å². The number of nitrogens with one attached hydrogen (secondary N) is 3. The molecular formula is C24H30N4O3. The number of hydrogen-bond donors (Lipinski definition) is 4. The fraction of sp³-hybridized carbons (Fsp3) is 0.417. The molecule has 0 bridgehead atoms. The Labute approximate surface area is 182 Å². The van der Waals surface area contributed by atoms with E-state index in [4.69, 9.17) is 9.72 Å². The van der Waals surface area contributed by atoms with Crippen LogP contribution in [0.3, 0.4) is 0 Å². The smallest absolute Gasteiger partial charge is 0.315 e. The van der Waals surface area contributed by atoms with Crippen molar-refractivity contribution in [3.05, 3.63) is 59.4 Å². The van der Waals surface area contributed by atoms with Crippen LogP contribution in [0, 0.1) is 6.92 Å². The highest BCUT2D eigenvalue weighted by atomic mass is 16.5. The van der Waals surface area contributed by atoms with Crippen LogP contribution in [-0.4, -0.2) is 40.4 Å². The van der Waals surface area contributed by atoms with Gasteiger partial charge >= 0.3 is 6.03 Å². The predicted octanol–water partition coefficient (Wildman–Crippen LogP) is 3.77. The van der Waals surface area contributed by atoms with E-state index in [1.54, 1.807) is 7.11 Å². The summed E-state index contributed by atoms with van der Waals surface area (Å²) in [5.41, 5.74) is 4.03. The maximum atomic E-state index is 12.8. The summed E-state index contributed by atoms with van der Waals surface area (Å²) in [5, 5.41) is 15.9. The fourth-order valence-electron chi connectivity index (χ4n) is 4.20. The number of amides is 2. The standard InChI is InChI=1S/C24H30N4O3/c1-15-13-19(31-2)12-7-16(15)14-22(23-26-20-5-3-4-6-21(20)27-23)28-24(30)25-17-8-10-18(29)11-9-17/h3-7,12-13,17-18,22,29H,8-11,14H2,1-2H3,(H,26,27)(H2,25,28,30)/t17?,18?,22-/m1/s1. The van der Waals surface area contributed by atoms with Crippen LogP contribution in [0.2, 0.25) is 0 Å². The van der Waals surface area contributed by atoms with E-state index in [0.29, 0.717) is 6.42 Å². The molecule has 31 heavy (non-hydrogen) atoms. The van der Waals surface area contributed by atoms with Gasteiger partial charge in [0.25, 0.3) is 0 Å². The van der Waals surface area contributed by atoms with Crippen LogP contribution in [0.25, 0.3) is 11.0 Å². The summed E-state index contributed by atoms with van der Waals surface area (Å²) in [6.45, 7) is 2.04. The number of methoxy groups -OCH3 is 1. The molecule has 3 aromatic rings. The first kappa shape index (κ1) is 21.2. The number of rotatable bonds is 6. The molecule has 7 nitrogen and oxygen atoms in total. The second kappa shape index (κ2) is 9.39. The number of aliphatic hydroxyl groups is 1. The number of benzene rings is 2. The zero-order valence-corrected chi connectivity index (χ0v) is 18.0. The van der Waals surface area contributed by atoms with E-state index in [-0.39, 0.29) is 24.2 Å². The largest absolute Gasteiger partial charge is 0.497 e. The van der Waals surface area contributed by atoms with E-state index < -0.39 is 0 Å². The number of carbonyl (C=O) groups excluding carboxylic acids is 1. The summed E-state index contributed by atoms with van der Waals surface area (Å²) in [4.78, 5) is 20.9. The molecule has 1 atom stereocenters. The first-order valence-corrected chi connectivity index (χ1v) is 10.8. The van der Waals surface area contributed by atoms with Gasteiger partial charge in [-0.15, -0.1) is 0 Å². The lowest BCUT2D eigenvalue weighted by atomic mass is 9.93. The highest BCUT2D eigenvalue weighted by Crippen LogP contribution is 2.24. The molecule has 0 saturated heterocycles. The molecule has 2 aromatic carbocycles. The molecule has 0 unspecified atom stereocenters. The minimum absolute atomic E-state index is 0.0856. The van der Waals surface area contributed by atoms with Gasteiger partial charge in [0.05, 0.1) is 30.3 Å². The number of imidazole rings is 1. The molecule has 1 aliphatic rings. The molecule has 7 heteroatoms. The van der Waals surface area contributed by atoms with E-state index in [9.17, 15) is 9.90 Å². The zero-order chi connectivity index (χ0) is 21.8. The third kappa shape index (κ3) is 5.17. The normalized spacial score (nSPS) is 19.7. The summed E-state index contributed by atoms with van der Waals surface area (Å²) in [7, 11) is 1.65. The highest BCUT2D eigenvalue weighted by molar-refractivity contribution is 5.76. The Kier molecular flexibility index (Phi) is 6.42. The summed E-state index contributed by atoms with van der Waals surface area (Å²) < 4.78 is 5.32. The van der Waals surface area contributed by atoms with Crippen LogP contribution in [0.15, 0.2) is 42.5 Å². The summed E-state index contributed by atoms with van der Waals surface area (Å²) in [6.07, 6.45) is 3.39. The molecule has 2 amide bonds. The van der Waals surface area contributed by atoms with E-state index >= 15 is 0 Å². The Hall–Kier alpha value is -3.06. The fourth-order valence-corrected chi connectivity index (χ4v) is 4.20. The van der Waals surface area contributed by atoms with Crippen molar-refractivity contribution in [1.29, 1.82) is 0 Å². The molecular weight excluding hydrogens is 392 g/mol. The van der Waals surface area contributed by atoms with Crippen LogP contribution in [0.5, 0.6) is 5.75 Å². The number of aryl methyl sites for hydroxylation is 1. The molecule has 4 N–H and O–H groups in total. The Balaban J connectivity index is 1.54. The first-order chi connectivity index (χ1) is 15.0. The van der Waals surface area contributed by atoms with Gasteiger partial charge in [-0.25, -0.2) is 9.78 Å². The number of aliphatic hydroxyl groups excluding tert-OH is 1. The maximum Gasteiger partial charge on any atom is 0.315 e. The van der Waals surface area contributed by atoms with Crippen molar-refractivity contribution in [2.24, 2.45) is 0 Å². The van der Waals surface area contributed by atoms with Crippen molar-refractivity contribution in [2.75, 3.05) is 7.11 Å². The summed E-state index contributed by atoms with van der Waals surface area (Å²) in [6, 6.07) is 13.4. The minimum atomic E-state index is -0.311. The molecule has 1 heterocycles. The van der Waals surface area contributed by atoms with E-state index in [0.717, 1.165) is 59.4 Å². The Morgan fingerprint density at radius 2 is 2.00 bits per heavy atom. The van der Waals surface area contributed by atoms with Crippen LogP contribution in [-0.2, 0) is 6.42 Å². The third-order valence-corrected chi connectivity index (χ3v) is 6.05. The number of fused-ring (bicyclic) bond motifs is 1. The molecule has 1 aromatic heterocycles. The lowest BCUT2D eigenvalue weighted by molar-refractivity contribution is 0.117. The molecule has 164 valence electrons. The quantitative estimate of drug-likeness (QED) is 0.486. The van der Waals surface area contributed by atoms with Crippen molar-refractivity contribution in [1.82, 2.24) is 20.6 Å². The molecule has 0 radical (unpaired) electrons. The van der Waals surface area contributed by atoms with Crippen molar-refractivity contribution >= 4 is 17.1 Å². The van der Waals surface area contributed by atoms with Crippen molar-refractivity contribution in [3.63, 3.8) is 0 Å². The molecule has 0 aliphatic heterocycles. The van der Waals surface area contributed by atoms with Gasteiger partial charge in [-0.1, -0.05) is 18.2 Å². The average Bonchev–Trinajstić information content (AvgIpc) is 3.20. The molecule has 0 spiro atoms. The minimum Gasteiger partial charge on any atom is -0.497 e. The summed E-state index contributed by atoms with van der Waals surface area (Å²) >= 11 is 0. The van der Waals surface area contributed by atoms with E-state index in [1.807, 2.05) is 49.4 Å². The number of hydrogen-bond acceptors (Lipinski definition) is 4. The van der Waals surface area contributed by atoms with Gasteiger partial charge in [-0.3, -0.25) is 0 Å². The van der Waals surface area contributed by atoms with Gasteiger partial charge in [0, 0.05) is 12.5 Å². The van der Waals surface area contributed by atoms with E-state index in [1.165, 1.54) is 0 Å². The van der Waals surface area contributed by atoms with Gasteiger partial charge in [0.15, 0.2) is 0 Å². The SMILES string of the molecule is COc1ccc(C[C@@H](NC(=O)NC2CCC(O)CC2)c2nc3ccccc3[nH]2)c(C)c1. The second-order valence-electron chi connectivity index (χ2n) is 8.31.